The van der Waals surface area contributed by atoms with Gasteiger partial charge in [0, 0.05) is 18.7 Å². The fourth-order valence-corrected chi connectivity index (χ4v) is 1.66. The molecule has 0 atom stereocenters. The molecule has 3 N–H and O–H groups in total. The quantitative estimate of drug-likeness (QED) is 0.862. The van der Waals surface area contributed by atoms with Crippen LogP contribution >= 0.6 is 11.6 Å². The van der Waals surface area contributed by atoms with Crippen LogP contribution in [0.15, 0.2) is 24.3 Å². The number of benzene rings is 1. The van der Waals surface area contributed by atoms with Gasteiger partial charge in [0.2, 0.25) is 5.95 Å². The Labute approximate surface area is 103 Å². The molecule has 0 aliphatic carbocycles. The van der Waals surface area contributed by atoms with Gasteiger partial charge >= 0.3 is 0 Å². The fourth-order valence-electron chi connectivity index (χ4n) is 1.43. The maximum Gasteiger partial charge on any atom is 0.222 e. The van der Waals surface area contributed by atoms with E-state index in [0.717, 1.165) is 0 Å². The monoisotopic (exact) mass is 252 g/mol. The molecular formula is C11H10ClFN4. The van der Waals surface area contributed by atoms with E-state index in [1.165, 1.54) is 6.07 Å². The number of rotatable bonds is 2. The molecule has 88 valence electrons. The lowest BCUT2D eigenvalue weighted by Crippen LogP contribution is -2.01. The second kappa shape index (κ2) is 4.55. The summed E-state index contributed by atoms with van der Waals surface area (Å²) >= 11 is 5.88. The van der Waals surface area contributed by atoms with Crippen LogP contribution < -0.4 is 11.1 Å². The van der Waals surface area contributed by atoms with Crippen LogP contribution in [0.4, 0.5) is 16.2 Å². The Bertz CT molecular complexity index is 559. The Morgan fingerprint density at radius 1 is 1.35 bits per heavy atom. The highest BCUT2D eigenvalue weighted by molar-refractivity contribution is 6.33. The van der Waals surface area contributed by atoms with Crippen molar-refractivity contribution in [1.82, 2.24) is 9.97 Å². The van der Waals surface area contributed by atoms with Crippen molar-refractivity contribution in [1.29, 1.82) is 0 Å². The van der Waals surface area contributed by atoms with Gasteiger partial charge in [0.25, 0.3) is 0 Å². The Kier molecular flexibility index (Phi) is 3.10. The first-order valence-corrected chi connectivity index (χ1v) is 5.26. The largest absolute Gasteiger partial charge is 0.373 e. The van der Waals surface area contributed by atoms with Crippen molar-refractivity contribution >= 4 is 23.4 Å². The second-order valence-corrected chi connectivity index (χ2v) is 3.73. The number of aromatic nitrogens is 2. The van der Waals surface area contributed by atoms with Gasteiger partial charge in [-0.2, -0.15) is 4.98 Å². The highest BCUT2D eigenvalue weighted by Crippen LogP contribution is 2.29. The molecule has 1 aromatic carbocycles. The Morgan fingerprint density at radius 3 is 2.82 bits per heavy atom. The third kappa shape index (κ3) is 2.29. The molecule has 2 aromatic rings. The van der Waals surface area contributed by atoms with Gasteiger partial charge in [-0.1, -0.05) is 23.7 Å². The third-order valence-electron chi connectivity index (χ3n) is 2.23. The number of nitrogens with one attached hydrogen (secondary N) is 1. The summed E-state index contributed by atoms with van der Waals surface area (Å²) in [6, 6.07) is 6.17. The molecule has 0 fully saturated rings. The fraction of sp³-hybridized carbons (Fsp3) is 0.0909. The predicted molar refractivity (Wildman–Crippen MR) is 66.4 cm³/mol. The molecule has 0 aliphatic rings. The topological polar surface area (TPSA) is 63.8 Å². The zero-order valence-corrected chi connectivity index (χ0v) is 9.79. The molecule has 0 saturated heterocycles. The first-order valence-electron chi connectivity index (χ1n) is 4.88. The van der Waals surface area contributed by atoms with E-state index >= 15 is 0 Å². The van der Waals surface area contributed by atoms with Crippen LogP contribution in [-0.2, 0) is 0 Å². The first-order chi connectivity index (χ1) is 8.11. The number of nitrogens with two attached hydrogens (primary N) is 1. The molecule has 0 saturated carbocycles. The van der Waals surface area contributed by atoms with E-state index in [4.69, 9.17) is 17.3 Å². The third-order valence-corrected chi connectivity index (χ3v) is 2.61. The summed E-state index contributed by atoms with van der Waals surface area (Å²) in [5.41, 5.74) is 6.52. The molecule has 17 heavy (non-hydrogen) atoms. The zero-order valence-electron chi connectivity index (χ0n) is 9.04. The SMILES string of the molecule is CNc1cc(-c2cccc(F)c2Cl)nc(N)n1. The molecule has 1 aromatic heterocycles. The van der Waals surface area contributed by atoms with Crippen molar-refractivity contribution in [3.05, 3.63) is 35.1 Å². The molecule has 0 radical (unpaired) electrons. The number of nitrogens with zero attached hydrogens (tertiary/aromatic N) is 2. The van der Waals surface area contributed by atoms with Gasteiger partial charge in [0.1, 0.15) is 11.6 Å². The average Bonchev–Trinajstić information content (AvgIpc) is 2.31. The van der Waals surface area contributed by atoms with Gasteiger partial charge < -0.3 is 11.1 Å². The maximum atomic E-state index is 13.3. The number of anilines is 2. The number of nitrogen functional groups attached to an aromatic ring is 1. The van der Waals surface area contributed by atoms with Gasteiger partial charge in [-0.15, -0.1) is 0 Å². The average molecular weight is 253 g/mol. The number of halogens is 2. The molecule has 4 nitrogen and oxygen atoms in total. The van der Waals surface area contributed by atoms with Gasteiger partial charge in [0.05, 0.1) is 10.7 Å². The smallest absolute Gasteiger partial charge is 0.222 e. The van der Waals surface area contributed by atoms with Gasteiger partial charge in [-0.3, -0.25) is 0 Å². The summed E-state index contributed by atoms with van der Waals surface area (Å²) in [4.78, 5) is 7.98. The van der Waals surface area contributed by atoms with E-state index in [-0.39, 0.29) is 11.0 Å². The van der Waals surface area contributed by atoms with E-state index in [1.54, 1.807) is 25.2 Å². The zero-order chi connectivity index (χ0) is 12.4. The van der Waals surface area contributed by atoms with E-state index in [0.29, 0.717) is 17.1 Å². The molecule has 2 rings (SSSR count). The lowest BCUT2D eigenvalue weighted by atomic mass is 10.1. The Balaban J connectivity index is 2.60. The van der Waals surface area contributed by atoms with Crippen LogP contribution in [0, 0.1) is 5.82 Å². The van der Waals surface area contributed by atoms with Crippen molar-refractivity contribution in [3.8, 4) is 11.3 Å². The van der Waals surface area contributed by atoms with Crippen molar-refractivity contribution < 1.29 is 4.39 Å². The van der Waals surface area contributed by atoms with Crippen LogP contribution in [0.1, 0.15) is 0 Å². The van der Waals surface area contributed by atoms with Gasteiger partial charge in [0.15, 0.2) is 0 Å². The van der Waals surface area contributed by atoms with Crippen molar-refractivity contribution in [2.24, 2.45) is 0 Å². The van der Waals surface area contributed by atoms with Gasteiger partial charge in [-0.25, -0.2) is 9.37 Å². The summed E-state index contributed by atoms with van der Waals surface area (Å²) in [5, 5.41) is 2.87. The van der Waals surface area contributed by atoms with E-state index < -0.39 is 5.82 Å². The van der Waals surface area contributed by atoms with Crippen LogP contribution in [-0.4, -0.2) is 17.0 Å². The molecule has 0 unspecified atom stereocenters. The minimum Gasteiger partial charge on any atom is -0.373 e. The van der Waals surface area contributed by atoms with Crippen LogP contribution in [0.25, 0.3) is 11.3 Å². The molecule has 0 aliphatic heterocycles. The summed E-state index contributed by atoms with van der Waals surface area (Å²) in [6.07, 6.45) is 0. The first kappa shape index (κ1) is 11.6. The van der Waals surface area contributed by atoms with E-state index in [9.17, 15) is 4.39 Å². The van der Waals surface area contributed by atoms with Crippen LogP contribution in [0.3, 0.4) is 0 Å². The predicted octanol–water partition coefficient (Wildman–Crippen LogP) is 2.56. The molecule has 6 heteroatoms. The van der Waals surface area contributed by atoms with Crippen molar-refractivity contribution in [2.45, 2.75) is 0 Å². The minimum atomic E-state index is -0.493. The molecular weight excluding hydrogens is 243 g/mol. The highest BCUT2D eigenvalue weighted by atomic mass is 35.5. The number of hydrogen-bond acceptors (Lipinski definition) is 4. The lowest BCUT2D eigenvalue weighted by Gasteiger charge is -2.07. The van der Waals surface area contributed by atoms with E-state index in [1.807, 2.05) is 0 Å². The van der Waals surface area contributed by atoms with Crippen LogP contribution in [0.2, 0.25) is 5.02 Å². The normalized spacial score (nSPS) is 10.3. The van der Waals surface area contributed by atoms with Crippen molar-refractivity contribution in [3.63, 3.8) is 0 Å². The second-order valence-electron chi connectivity index (χ2n) is 3.35. The standard InChI is InChI=1S/C11H10ClFN4/c1-15-9-5-8(16-11(14)17-9)6-3-2-4-7(13)10(6)12/h2-5H,1H3,(H3,14,15,16,17). The molecule has 0 bridgehead atoms. The summed E-state index contributed by atoms with van der Waals surface area (Å²) in [7, 11) is 1.71. The Hall–Kier alpha value is -1.88. The Morgan fingerprint density at radius 2 is 2.12 bits per heavy atom. The van der Waals surface area contributed by atoms with Crippen molar-refractivity contribution in [2.75, 3.05) is 18.1 Å². The summed E-state index contributed by atoms with van der Waals surface area (Å²) in [6.45, 7) is 0. The molecule has 0 amide bonds. The van der Waals surface area contributed by atoms with Crippen LogP contribution in [0.5, 0.6) is 0 Å². The lowest BCUT2D eigenvalue weighted by molar-refractivity contribution is 0.628. The highest BCUT2D eigenvalue weighted by Gasteiger charge is 2.10. The molecule has 0 spiro atoms. The minimum absolute atomic E-state index is 0.0210. The van der Waals surface area contributed by atoms with E-state index in [2.05, 4.69) is 15.3 Å². The summed E-state index contributed by atoms with van der Waals surface area (Å²) in [5.74, 6) is 0.160. The molecule has 1 heterocycles. The number of hydrogen-bond donors (Lipinski definition) is 2. The maximum absolute atomic E-state index is 13.3. The van der Waals surface area contributed by atoms with Gasteiger partial charge in [-0.05, 0) is 6.07 Å². The summed E-state index contributed by atoms with van der Waals surface area (Å²) < 4.78 is 13.3.